The molecule has 114 valence electrons. The summed E-state index contributed by atoms with van der Waals surface area (Å²) in [6.07, 6.45) is 3.31. The van der Waals surface area contributed by atoms with Crippen LogP contribution in [0, 0.1) is 0 Å². The van der Waals surface area contributed by atoms with E-state index >= 15 is 0 Å². The Labute approximate surface area is 129 Å². The van der Waals surface area contributed by atoms with E-state index in [9.17, 15) is 4.79 Å². The Morgan fingerprint density at radius 3 is 2.82 bits per heavy atom. The van der Waals surface area contributed by atoms with Crippen LogP contribution in [0.5, 0.6) is 0 Å². The zero-order chi connectivity index (χ0) is 14.9. The van der Waals surface area contributed by atoms with Gasteiger partial charge in [-0.3, -0.25) is 4.79 Å². The van der Waals surface area contributed by atoms with Crippen molar-refractivity contribution in [3.05, 3.63) is 59.5 Å². The molecule has 1 saturated heterocycles. The normalized spacial score (nSPS) is 24.3. The van der Waals surface area contributed by atoms with Gasteiger partial charge in [0.05, 0.1) is 12.3 Å². The predicted octanol–water partition coefficient (Wildman–Crippen LogP) is 1.77. The van der Waals surface area contributed by atoms with Crippen LogP contribution in [0.4, 0.5) is 0 Å². The van der Waals surface area contributed by atoms with Gasteiger partial charge in [0.2, 0.25) is 5.91 Å². The topological polar surface area (TPSA) is 57.5 Å². The Balaban J connectivity index is 1.43. The van der Waals surface area contributed by atoms with Crippen molar-refractivity contribution in [3.8, 4) is 0 Å². The van der Waals surface area contributed by atoms with Crippen LogP contribution in [-0.4, -0.2) is 23.4 Å². The van der Waals surface area contributed by atoms with Crippen LogP contribution in [0.1, 0.15) is 29.3 Å². The molecular weight excluding hydrogens is 278 g/mol. The van der Waals surface area contributed by atoms with E-state index in [1.807, 2.05) is 23.1 Å². The summed E-state index contributed by atoms with van der Waals surface area (Å²) in [4.78, 5) is 14.7. The minimum absolute atomic E-state index is 0.0565. The summed E-state index contributed by atoms with van der Waals surface area (Å²) in [6, 6.07) is 12.0. The molecule has 0 bridgehead atoms. The number of hydrazine groups is 1. The number of benzene rings is 1. The number of furan rings is 1. The molecule has 0 aliphatic carbocycles. The standard InChI is InChI=1S/C17H19N3O2/c21-17(15-10-14(18-19-15)16-6-3-9-22-16)20-8-7-12-4-1-2-5-13(12)11-20/h1-6,9,14-15,18-19H,7-8,10-11H2. The van der Waals surface area contributed by atoms with Crippen LogP contribution < -0.4 is 10.9 Å². The van der Waals surface area contributed by atoms with Crippen molar-refractivity contribution in [2.45, 2.75) is 31.5 Å². The van der Waals surface area contributed by atoms with E-state index in [1.54, 1.807) is 6.26 Å². The van der Waals surface area contributed by atoms with Gasteiger partial charge in [-0.05, 0) is 36.1 Å². The molecule has 22 heavy (non-hydrogen) atoms. The summed E-state index contributed by atoms with van der Waals surface area (Å²) in [5, 5.41) is 0. The van der Waals surface area contributed by atoms with E-state index in [1.165, 1.54) is 11.1 Å². The first kappa shape index (κ1) is 13.5. The Morgan fingerprint density at radius 2 is 2.00 bits per heavy atom. The largest absolute Gasteiger partial charge is 0.468 e. The van der Waals surface area contributed by atoms with Gasteiger partial charge in [0.15, 0.2) is 0 Å². The van der Waals surface area contributed by atoms with Crippen LogP contribution in [0.2, 0.25) is 0 Å². The minimum atomic E-state index is -0.194. The van der Waals surface area contributed by atoms with E-state index in [4.69, 9.17) is 4.42 Å². The van der Waals surface area contributed by atoms with Crippen LogP contribution in [0.3, 0.4) is 0 Å². The summed E-state index contributed by atoms with van der Waals surface area (Å²) in [7, 11) is 0. The molecule has 1 aromatic carbocycles. The van der Waals surface area contributed by atoms with E-state index in [0.29, 0.717) is 13.0 Å². The van der Waals surface area contributed by atoms with Gasteiger partial charge in [0.1, 0.15) is 11.8 Å². The van der Waals surface area contributed by atoms with Crippen molar-refractivity contribution in [1.82, 2.24) is 15.8 Å². The monoisotopic (exact) mass is 297 g/mol. The molecule has 0 spiro atoms. The zero-order valence-corrected chi connectivity index (χ0v) is 12.3. The molecule has 0 radical (unpaired) electrons. The van der Waals surface area contributed by atoms with Gasteiger partial charge in [-0.2, -0.15) is 0 Å². The molecule has 2 atom stereocenters. The lowest BCUT2D eigenvalue weighted by atomic mass is 9.98. The zero-order valence-electron chi connectivity index (χ0n) is 12.3. The summed E-state index contributed by atoms with van der Waals surface area (Å²) in [5.41, 5.74) is 8.89. The molecule has 5 heteroatoms. The lowest BCUT2D eigenvalue weighted by molar-refractivity contribution is -0.134. The summed E-state index contributed by atoms with van der Waals surface area (Å²) in [6.45, 7) is 1.50. The smallest absolute Gasteiger partial charge is 0.241 e. The quantitative estimate of drug-likeness (QED) is 0.887. The number of nitrogens with one attached hydrogen (secondary N) is 2. The van der Waals surface area contributed by atoms with Gasteiger partial charge >= 0.3 is 0 Å². The first-order valence-electron chi connectivity index (χ1n) is 7.71. The van der Waals surface area contributed by atoms with Crippen LogP contribution in [-0.2, 0) is 17.8 Å². The summed E-state index contributed by atoms with van der Waals surface area (Å²) >= 11 is 0. The Kier molecular flexibility index (Phi) is 3.44. The third-order valence-electron chi connectivity index (χ3n) is 4.53. The molecule has 2 aromatic rings. The molecule has 1 aromatic heterocycles. The molecule has 1 fully saturated rings. The molecule has 0 saturated carbocycles. The third-order valence-corrected chi connectivity index (χ3v) is 4.53. The van der Waals surface area contributed by atoms with Crippen LogP contribution in [0.15, 0.2) is 47.1 Å². The van der Waals surface area contributed by atoms with E-state index < -0.39 is 0 Å². The summed E-state index contributed by atoms with van der Waals surface area (Å²) < 4.78 is 5.41. The molecule has 2 aliphatic heterocycles. The molecular formula is C17H19N3O2. The van der Waals surface area contributed by atoms with Crippen LogP contribution >= 0.6 is 0 Å². The Hall–Kier alpha value is -2.11. The number of fused-ring (bicyclic) bond motifs is 1. The summed E-state index contributed by atoms with van der Waals surface area (Å²) in [5.74, 6) is 1.03. The molecule has 2 unspecified atom stereocenters. The number of carbonyl (C=O) groups is 1. The molecule has 3 heterocycles. The van der Waals surface area contributed by atoms with Gasteiger partial charge in [-0.1, -0.05) is 24.3 Å². The second-order valence-electron chi connectivity index (χ2n) is 5.92. The van der Waals surface area contributed by atoms with E-state index in [0.717, 1.165) is 18.7 Å². The highest BCUT2D eigenvalue weighted by Crippen LogP contribution is 2.25. The highest BCUT2D eigenvalue weighted by molar-refractivity contribution is 5.82. The SMILES string of the molecule is O=C(C1CC(c2ccco2)NN1)N1CCc2ccccc2C1. The first-order chi connectivity index (χ1) is 10.8. The second kappa shape index (κ2) is 5.59. The van der Waals surface area contributed by atoms with Crippen LogP contribution in [0.25, 0.3) is 0 Å². The fourth-order valence-electron chi connectivity index (χ4n) is 3.30. The lowest BCUT2D eigenvalue weighted by Crippen LogP contribution is -2.47. The molecule has 5 nitrogen and oxygen atoms in total. The average Bonchev–Trinajstić information content (AvgIpc) is 3.24. The van der Waals surface area contributed by atoms with Gasteiger partial charge < -0.3 is 9.32 Å². The first-order valence-corrected chi connectivity index (χ1v) is 7.71. The van der Waals surface area contributed by atoms with Crippen molar-refractivity contribution >= 4 is 5.91 Å². The van der Waals surface area contributed by atoms with Gasteiger partial charge in [-0.25, -0.2) is 10.9 Å². The maximum absolute atomic E-state index is 12.7. The predicted molar refractivity (Wildman–Crippen MR) is 81.7 cm³/mol. The maximum atomic E-state index is 12.7. The van der Waals surface area contributed by atoms with Crippen molar-refractivity contribution < 1.29 is 9.21 Å². The highest BCUT2D eigenvalue weighted by atomic mass is 16.3. The molecule has 2 N–H and O–H groups in total. The molecule has 4 rings (SSSR count). The Bertz CT molecular complexity index is 668. The van der Waals surface area contributed by atoms with Crippen molar-refractivity contribution in [2.24, 2.45) is 0 Å². The Morgan fingerprint density at radius 1 is 1.14 bits per heavy atom. The highest BCUT2D eigenvalue weighted by Gasteiger charge is 2.34. The number of nitrogens with zero attached hydrogens (tertiary/aromatic N) is 1. The molecule has 2 aliphatic rings. The number of hydrogen-bond donors (Lipinski definition) is 2. The average molecular weight is 297 g/mol. The third kappa shape index (κ3) is 2.42. The van der Waals surface area contributed by atoms with Crippen molar-refractivity contribution in [3.63, 3.8) is 0 Å². The number of hydrogen-bond acceptors (Lipinski definition) is 4. The van der Waals surface area contributed by atoms with Gasteiger partial charge in [-0.15, -0.1) is 0 Å². The van der Waals surface area contributed by atoms with Crippen molar-refractivity contribution in [2.75, 3.05) is 6.54 Å². The van der Waals surface area contributed by atoms with E-state index in [-0.39, 0.29) is 18.0 Å². The molecule has 1 amide bonds. The number of amides is 1. The second-order valence-corrected chi connectivity index (χ2v) is 5.92. The van der Waals surface area contributed by atoms with E-state index in [2.05, 4.69) is 29.1 Å². The van der Waals surface area contributed by atoms with Gasteiger partial charge in [0.25, 0.3) is 0 Å². The fourth-order valence-corrected chi connectivity index (χ4v) is 3.30. The lowest BCUT2D eigenvalue weighted by Gasteiger charge is -2.30. The minimum Gasteiger partial charge on any atom is -0.468 e. The van der Waals surface area contributed by atoms with Crippen molar-refractivity contribution in [1.29, 1.82) is 0 Å². The number of carbonyl (C=O) groups excluding carboxylic acids is 1. The fraction of sp³-hybridized carbons (Fsp3) is 0.353. The number of rotatable bonds is 2. The van der Waals surface area contributed by atoms with Gasteiger partial charge in [0, 0.05) is 13.1 Å². The maximum Gasteiger partial charge on any atom is 0.241 e.